The van der Waals surface area contributed by atoms with Crippen molar-refractivity contribution in [3.63, 3.8) is 0 Å². The smallest absolute Gasteiger partial charge is 0.321 e. The van der Waals surface area contributed by atoms with Gasteiger partial charge in [0.25, 0.3) is 0 Å². The van der Waals surface area contributed by atoms with Gasteiger partial charge in [-0.1, -0.05) is 24.3 Å². The van der Waals surface area contributed by atoms with E-state index in [1.165, 1.54) is 0 Å². The lowest BCUT2D eigenvalue weighted by Crippen LogP contribution is -2.42. The van der Waals surface area contributed by atoms with Crippen molar-refractivity contribution in [1.82, 2.24) is 4.90 Å². The van der Waals surface area contributed by atoms with Crippen LogP contribution in [0.25, 0.3) is 0 Å². The molecule has 1 N–H and O–H groups in total. The van der Waals surface area contributed by atoms with Crippen LogP contribution in [0.15, 0.2) is 60.7 Å². The lowest BCUT2D eigenvalue weighted by atomic mass is 10.0. The minimum atomic E-state index is -0.910. The SMILES string of the molecule is COc1ccc(C[C@@H](C(=O)O)N(Cc2ccc(OC)cc2)Cc2cc(OC)c(OC)c(OC)c2)cc1. The molecule has 0 bridgehead atoms. The minimum absolute atomic E-state index is 0.319. The third-order valence-electron chi connectivity index (χ3n) is 5.97. The maximum Gasteiger partial charge on any atom is 0.321 e. The Morgan fingerprint density at radius 3 is 1.58 bits per heavy atom. The van der Waals surface area contributed by atoms with Crippen molar-refractivity contribution in [2.24, 2.45) is 0 Å². The summed E-state index contributed by atoms with van der Waals surface area (Å²) in [5.41, 5.74) is 2.69. The van der Waals surface area contributed by atoms with Gasteiger partial charge in [-0.2, -0.15) is 0 Å². The predicted molar refractivity (Wildman–Crippen MR) is 136 cm³/mol. The summed E-state index contributed by atoms with van der Waals surface area (Å²) < 4.78 is 27.0. The van der Waals surface area contributed by atoms with E-state index < -0.39 is 12.0 Å². The molecule has 1 atom stereocenters. The molecule has 0 unspecified atom stereocenters. The molecule has 0 aliphatic carbocycles. The quantitative estimate of drug-likeness (QED) is 0.373. The van der Waals surface area contributed by atoms with Gasteiger partial charge in [-0.05, 0) is 59.5 Å². The zero-order valence-corrected chi connectivity index (χ0v) is 21.3. The van der Waals surface area contributed by atoms with Crippen LogP contribution in [0.2, 0.25) is 0 Å². The molecule has 3 rings (SSSR count). The van der Waals surface area contributed by atoms with Gasteiger partial charge >= 0.3 is 5.97 Å². The first-order chi connectivity index (χ1) is 17.4. The van der Waals surface area contributed by atoms with Gasteiger partial charge in [0.15, 0.2) is 11.5 Å². The lowest BCUT2D eigenvalue weighted by molar-refractivity contribution is -0.143. The van der Waals surface area contributed by atoms with E-state index in [1.807, 2.05) is 65.6 Å². The molecule has 8 heteroatoms. The summed E-state index contributed by atoms with van der Waals surface area (Å²) in [4.78, 5) is 14.5. The Morgan fingerprint density at radius 2 is 1.17 bits per heavy atom. The first kappa shape index (κ1) is 26.7. The van der Waals surface area contributed by atoms with E-state index in [0.29, 0.717) is 36.8 Å². The number of ether oxygens (including phenoxy) is 5. The van der Waals surface area contributed by atoms with Crippen molar-refractivity contribution in [2.45, 2.75) is 25.6 Å². The summed E-state index contributed by atoms with van der Waals surface area (Å²) in [6.07, 6.45) is 0.319. The van der Waals surface area contributed by atoms with Crippen LogP contribution in [-0.4, -0.2) is 57.6 Å². The minimum Gasteiger partial charge on any atom is -0.497 e. The zero-order valence-electron chi connectivity index (χ0n) is 21.3. The summed E-state index contributed by atoms with van der Waals surface area (Å²) >= 11 is 0. The highest BCUT2D eigenvalue weighted by Gasteiger charge is 2.27. The van der Waals surface area contributed by atoms with Gasteiger partial charge in [0.2, 0.25) is 5.75 Å². The molecule has 3 aromatic rings. The average Bonchev–Trinajstić information content (AvgIpc) is 2.91. The van der Waals surface area contributed by atoms with Gasteiger partial charge < -0.3 is 28.8 Å². The van der Waals surface area contributed by atoms with Crippen LogP contribution in [0, 0.1) is 0 Å². The van der Waals surface area contributed by atoms with E-state index in [-0.39, 0.29) is 0 Å². The Hall–Kier alpha value is -3.91. The van der Waals surface area contributed by atoms with Crippen molar-refractivity contribution in [2.75, 3.05) is 35.5 Å². The molecule has 8 nitrogen and oxygen atoms in total. The summed E-state index contributed by atoms with van der Waals surface area (Å²) in [6, 6.07) is 17.9. The van der Waals surface area contributed by atoms with Crippen molar-refractivity contribution in [3.05, 3.63) is 77.4 Å². The molecule has 0 radical (unpaired) electrons. The van der Waals surface area contributed by atoms with Crippen molar-refractivity contribution in [3.8, 4) is 28.7 Å². The van der Waals surface area contributed by atoms with E-state index in [9.17, 15) is 9.90 Å². The van der Waals surface area contributed by atoms with Crippen LogP contribution in [0.4, 0.5) is 0 Å². The molecule has 3 aromatic carbocycles. The lowest BCUT2D eigenvalue weighted by Gasteiger charge is -2.30. The number of carboxylic acid groups (broad SMARTS) is 1. The fraction of sp³-hybridized carbons (Fsp3) is 0.321. The number of carboxylic acids is 1. The molecule has 36 heavy (non-hydrogen) atoms. The standard InChI is InChI=1S/C28H33NO7/c1-32-22-10-6-19(7-11-22)14-24(28(30)31)29(17-20-8-12-23(33-2)13-9-20)18-21-15-25(34-3)27(36-5)26(16-21)35-4/h6-13,15-16,24H,14,17-18H2,1-5H3,(H,30,31)/t24-/m0/s1. The van der Waals surface area contributed by atoms with E-state index in [2.05, 4.69) is 0 Å². The second-order valence-corrected chi connectivity index (χ2v) is 8.19. The Balaban J connectivity index is 1.98. The molecule has 0 saturated carbocycles. The van der Waals surface area contributed by atoms with Gasteiger partial charge in [0.05, 0.1) is 35.5 Å². The number of nitrogens with zero attached hydrogens (tertiary/aromatic N) is 1. The number of benzene rings is 3. The van der Waals surface area contributed by atoms with Crippen LogP contribution in [0.1, 0.15) is 16.7 Å². The molecule has 0 aliphatic heterocycles. The van der Waals surface area contributed by atoms with E-state index in [1.54, 1.807) is 35.5 Å². The van der Waals surface area contributed by atoms with Crippen LogP contribution in [0.5, 0.6) is 28.7 Å². The Labute approximate surface area is 211 Å². The Bertz CT molecular complexity index is 1100. The highest BCUT2D eigenvalue weighted by atomic mass is 16.5. The first-order valence-electron chi connectivity index (χ1n) is 11.4. The fourth-order valence-electron chi connectivity index (χ4n) is 4.06. The molecule has 0 spiro atoms. The highest BCUT2D eigenvalue weighted by molar-refractivity contribution is 5.74. The van der Waals surface area contributed by atoms with Crippen molar-refractivity contribution >= 4 is 5.97 Å². The molecule has 0 aliphatic rings. The number of carbonyl (C=O) groups is 1. The van der Waals surface area contributed by atoms with Gasteiger partial charge in [0, 0.05) is 13.1 Å². The summed E-state index contributed by atoms with van der Waals surface area (Å²) in [5, 5.41) is 10.3. The number of rotatable bonds is 13. The molecule has 0 fully saturated rings. The number of hydrogen-bond acceptors (Lipinski definition) is 7. The van der Waals surface area contributed by atoms with Crippen LogP contribution in [-0.2, 0) is 24.3 Å². The molecule has 0 aromatic heterocycles. The molecule has 0 amide bonds. The van der Waals surface area contributed by atoms with Crippen LogP contribution in [0.3, 0.4) is 0 Å². The maximum absolute atomic E-state index is 12.5. The average molecular weight is 496 g/mol. The second kappa shape index (κ2) is 12.7. The van der Waals surface area contributed by atoms with Gasteiger partial charge in [-0.3, -0.25) is 9.69 Å². The first-order valence-corrected chi connectivity index (χ1v) is 11.4. The molecular formula is C28H33NO7. The molecule has 0 saturated heterocycles. The number of methoxy groups -OCH3 is 5. The largest absolute Gasteiger partial charge is 0.497 e. The normalized spacial score (nSPS) is 11.6. The maximum atomic E-state index is 12.5. The van der Waals surface area contributed by atoms with Crippen molar-refractivity contribution < 1.29 is 33.6 Å². The van der Waals surface area contributed by atoms with Gasteiger partial charge in [-0.15, -0.1) is 0 Å². The second-order valence-electron chi connectivity index (χ2n) is 8.19. The van der Waals surface area contributed by atoms with Crippen LogP contribution >= 0.6 is 0 Å². The van der Waals surface area contributed by atoms with Crippen molar-refractivity contribution in [1.29, 1.82) is 0 Å². The summed E-state index contributed by atoms with van der Waals surface area (Å²) in [7, 11) is 7.87. The van der Waals surface area contributed by atoms with E-state index in [0.717, 1.165) is 28.2 Å². The predicted octanol–water partition coefficient (Wildman–Crippen LogP) is 4.43. The summed E-state index contributed by atoms with van der Waals surface area (Å²) in [6.45, 7) is 0.754. The fourth-order valence-corrected chi connectivity index (χ4v) is 4.06. The zero-order chi connectivity index (χ0) is 26.1. The van der Waals surface area contributed by atoms with Gasteiger partial charge in [-0.25, -0.2) is 0 Å². The van der Waals surface area contributed by atoms with Crippen LogP contribution < -0.4 is 23.7 Å². The number of hydrogen-bond donors (Lipinski definition) is 1. The number of aliphatic carboxylic acids is 1. The molecular weight excluding hydrogens is 462 g/mol. The summed E-state index contributed by atoms with van der Waals surface area (Å²) in [5.74, 6) is 2.06. The topological polar surface area (TPSA) is 86.7 Å². The highest BCUT2D eigenvalue weighted by Crippen LogP contribution is 2.38. The van der Waals surface area contributed by atoms with Gasteiger partial charge in [0.1, 0.15) is 17.5 Å². The van der Waals surface area contributed by atoms with E-state index >= 15 is 0 Å². The van der Waals surface area contributed by atoms with E-state index in [4.69, 9.17) is 23.7 Å². The Morgan fingerprint density at radius 1 is 0.694 bits per heavy atom. The monoisotopic (exact) mass is 495 g/mol. The third kappa shape index (κ3) is 6.60. The molecule has 192 valence electrons. The Kier molecular flexibility index (Phi) is 9.41. The molecule has 0 heterocycles. The third-order valence-corrected chi connectivity index (χ3v) is 5.97.